The number of nitrogens with one attached hydrogen (secondary N) is 1. The van der Waals surface area contributed by atoms with Gasteiger partial charge in [0.25, 0.3) is 0 Å². The van der Waals surface area contributed by atoms with Crippen molar-refractivity contribution in [2.24, 2.45) is 11.7 Å². The number of thiazole rings is 1. The molecule has 2 amide bonds. The number of aliphatic hydroxyl groups is 1. The van der Waals surface area contributed by atoms with Crippen LogP contribution in [-0.2, 0) is 16.1 Å². The Labute approximate surface area is 168 Å². The van der Waals surface area contributed by atoms with Crippen LogP contribution < -0.4 is 11.1 Å². The second-order valence-electron chi connectivity index (χ2n) is 7.45. The van der Waals surface area contributed by atoms with Crippen LogP contribution in [0.25, 0.3) is 10.4 Å². The lowest BCUT2D eigenvalue weighted by Gasteiger charge is -2.28. The maximum atomic E-state index is 13.0. The molecule has 0 aliphatic carbocycles. The molecule has 150 valence electrons. The summed E-state index contributed by atoms with van der Waals surface area (Å²) in [5, 5.41) is 12.7. The predicted molar refractivity (Wildman–Crippen MR) is 108 cm³/mol. The summed E-state index contributed by atoms with van der Waals surface area (Å²) in [4.78, 5) is 32.3. The molecule has 0 saturated carbocycles. The molecule has 0 spiro atoms. The van der Waals surface area contributed by atoms with Gasteiger partial charge in [0.2, 0.25) is 11.8 Å². The maximum absolute atomic E-state index is 13.0. The summed E-state index contributed by atoms with van der Waals surface area (Å²) in [6.07, 6.45) is 1.52. The fourth-order valence-electron chi connectivity index (χ4n) is 3.14. The van der Waals surface area contributed by atoms with Gasteiger partial charge >= 0.3 is 0 Å². The fraction of sp³-hybridized carbons (Fsp3) is 0.450. The van der Waals surface area contributed by atoms with Gasteiger partial charge in [0.1, 0.15) is 0 Å². The number of aromatic nitrogens is 1. The number of nitrogens with two attached hydrogens (primary N) is 1. The molecule has 4 N–H and O–H groups in total. The van der Waals surface area contributed by atoms with Gasteiger partial charge in [-0.3, -0.25) is 19.5 Å². The van der Waals surface area contributed by atoms with Crippen molar-refractivity contribution in [3.8, 4) is 10.4 Å². The number of carbonyl (C=O) groups is 2. The van der Waals surface area contributed by atoms with E-state index in [9.17, 15) is 14.7 Å². The lowest BCUT2D eigenvalue weighted by atomic mass is 10.0. The summed E-state index contributed by atoms with van der Waals surface area (Å²) in [7, 11) is 0. The standard InChI is InChI=1S/C20H26N4O3S/c1-12(2)18(21)20(27)24(19(26)16-7-15(25)8-23-16)10-13-3-5-14(6-4-13)17-9-22-11-28-17/h3-6,9,11-12,15-16,18,23,25H,7-8,10,21H2,1-2H3/t15-,16+,18+/m1/s1. The quantitative estimate of drug-likeness (QED) is 0.673. The molecular weight excluding hydrogens is 376 g/mol. The van der Waals surface area contributed by atoms with Crippen molar-refractivity contribution in [3.05, 3.63) is 41.5 Å². The monoisotopic (exact) mass is 402 g/mol. The SMILES string of the molecule is CC(C)[C@H](N)C(=O)N(Cc1ccc(-c2cncs2)cc1)C(=O)[C@@H]1C[C@@H](O)CN1. The average Bonchev–Trinajstić information content (AvgIpc) is 3.36. The van der Waals surface area contributed by atoms with Gasteiger partial charge in [-0.1, -0.05) is 38.1 Å². The molecule has 3 atom stereocenters. The molecule has 8 heteroatoms. The number of rotatable bonds is 6. The van der Waals surface area contributed by atoms with Crippen LogP contribution in [-0.4, -0.2) is 51.5 Å². The Morgan fingerprint density at radius 2 is 2.07 bits per heavy atom. The Hall–Kier alpha value is -2.13. The van der Waals surface area contributed by atoms with Gasteiger partial charge in [-0.25, -0.2) is 0 Å². The molecule has 1 saturated heterocycles. The van der Waals surface area contributed by atoms with Crippen LogP contribution in [0.15, 0.2) is 36.0 Å². The molecule has 0 radical (unpaired) electrons. The topological polar surface area (TPSA) is 109 Å². The number of nitrogens with zero attached hydrogens (tertiary/aromatic N) is 2. The Morgan fingerprint density at radius 3 is 2.61 bits per heavy atom. The van der Waals surface area contributed by atoms with Gasteiger partial charge in [-0.05, 0) is 23.5 Å². The van der Waals surface area contributed by atoms with Crippen LogP contribution in [0, 0.1) is 5.92 Å². The second kappa shape index (κ2) is 8.91. The first-order valence-electron chi connectivity index (χ1n) is 9.37. The van der Waals surface area contributed by atoms with Crippen molar-refractivity contribution in [1.82, 2.24) is 15.2 Å². The summed E-state index contributed by atoms with van der Waals surface area (Å²) in [6.45, 7) is 4.20. The zero-order chi connectivity index (χ0) is 20.3. The van der Waals surface area contributed by atoms with E-state index < -0.39 is 24.1 Å². The number of benzene rings is 1. The number of aliphatic hydroxyl groups excluding tert-OH is 1. The molecule has 1 fully saturated rings. The summed E-state index contributed by atoms with van der Waals surface area (Å²) in [5.41, 5.74) is 9.70. The van der Waals surface area contributed by atoms with Crippen LogP contribution >= 0.6 is 11.3 Å². The minimum Gasteiger partial charge on any atom is -0.392 e. The number of carbonyl (C=O) groups excluding carboxylic acids is 2. The lowest BCUT2D eigenvalue weighted by molar-refractivity contribution is -0.148. The molecular formula is C20H26N4O3S. The van der Waals surface area contributed by atoms with Gasteiger partial charge in [0.15, 0.2) is 0 Å². The minimum absolute atomic E-state index is 0.0846. The number of hydrogen-bond donors (Lipinski definition) is 3. The van der Waals surface area contributed by atoms with Gasteiger partial charge in [-0.15, -0.1) is 11.3 Å². The van der Waals surface area contributed by atoms with Crippen LogP contribution in [0.5, 0.6) is 0 Å². The van der Waals surface area contributed by atoms with E-state index in [0.29, 0.717) is 13.0 Å². The van der Waals surface area contributed by atoms with E-state index in [-0.39, 0.29) is 18.4 Å². The maximum Gasteiger partial charge on any atom is 0.246 e. The highest BCUT2D eigenvalue weighted by Crippen LogP contribution is 2.24. The zero-order valence-corrected chi connectivity index (χ0v) is 16.9. The molecule has 1 aromatic heterocycles. The van der Waals surface area contributed by atoms with Crippen LogP contribution in [0.2, 0.25) is 0 Å². The van der Waals surface area contributed by atoms with E-state index in [0.717, 1.165) is 16.0 Å². The predicted octanol–water partition coefficient (Wildman–Crippen LogP) is 1.37. The van der Waals surface area contributed by atoms with Crippen LogP contribution in [0.1, 0.15) is 25.8 Å². The fourth-order valence-corrected chi connectivity index (χ4v) is 3.77. The molecule has 1 aliphatic heterocycles. The van der Waals surface area contributed by atoms with Gasteiger partial charge in [0, 0.05) is 12.7 Å². The van der Waals surface area contributed by atoms with Gasteiger partial charge in [0.05, 0.1) is 35.1 Å². The molecule has 3 rings (SSSR count). The molecule has 2 aromatic rings. The zero-order valence-electron chi connectivity index (χ0n) is 16.0. The third kappa shape index (κ3) is 4.64. The molecule has 0 unspecified atom stereocenters. The third-order valence-electron chi connectivity index (χ3n) is 4.95. The Morgan fingerprint density at radius 1 is 1.36 bits per heavy atom. The number of β-amino-alcohol motifs (C(OH)–C–C–N with tert-alkyl or cyclic N) is 1. The molecule has 1 aromatic carbocycles. The number of amides is 2. The Balaban J connectivity index is 1.80. The van der Waals surface area contributed by atoms with Crippen molar-refractivity contribution in [2.75, 3.05) is 6.54 Å². The van der Waals surface area contributed by atoms with Gasteiger partial charge in [-0.2, -0.15) is 0 Å². The largest absolute Gasteiger partial charge is 0.392 e. The van der Waals surface area contributed by atoms with Crippen molar-refractivity contribution < 1.29 is 14.7 Å². The lowest BCUT2D eigenvalue weighted by Crippen LogP contribution is -2.53. The first-order chi connectivity index (χ1) is 13.4. The highest BCUT2D eigenvalue weighted by Gasteiger charge is 2.36. The highest BCUT2D eigenvalue weighted by molar-refractivity contribution is 7.13. The van der Waals surface area contributed by atoms with E-state index >= 15 is 0 Å². The summed E-state index contributed by atoms with van der Waals surface area (Å²) < 4.78 is 0. The number of imide groups is 1. The van der Waals surface area contributed by atoms with E-state index in [2.05, 4.69) is 10.3 Å². The van der Waals surface area contributed by atoms with Crippen molar-refractivity contribution in [3.63, 3.8) is 0 Å². The van der Waals surface area contributed by atoms with E-state index in [1.807, 2.05) is 38.1 Å². The van der Waals surface area contributed by atoms with Gasteiger partial charge < -0.3 is 16.2 Å². The van der Waals surface area contributed by atoms with Crippen LogP contribution in [0.4, 0.5) is 0 Å². The summed E-state index contributed by atoms with van der Waals surface area (Å²) in [5.74, 6) is -0.822. The van der Waals surface area contributed by atoms with E-state index in [1.165, 1.54) is 4.90 Å². The summed E-state index contributed by atoms with van der Waals surface area (Å²) >= 11 is 1.55. The highest BCUT2D eigenvalue weighted by atomic mass is 32.1. The molecule has 2 heterocycles. The smallest absolute Gasteiger partial charge is 0.246 e. The first-order valence-corrected chi connectivity index (χ1v) is 10.2. The molecule has 0 bridgehead atoms. The molecule has 7 nitrogen and oxygen atoms in total. The third-order valence-corrected chi connectivity index (χ3v) is 5.77. The van der Waals surface area contributed by atoms with E-state index in [4.69, 9.17) is 5.73 Å². The number of hydrogen-bond acceptors (Lipinski definition) is 7. The van der Waals surface area contributed by atoms with E-state index in [1.54, 1.807) is 23.0 Å². The van der Waals surface area contributed by atoms with Crippen LogP contribution in [0.3, 0.4) is 0 Å². The van der Waals surface area contributed by atoms with Crippen molar-refractivity contribution in [2.45, 2.75) is 45.0 Å². The van der Waals surface area contributed by atoms with Crippen molar-refractivity contribution in [1.29, 1.82) is 0 Å². The van der Waals surface area contributed by atoms with Crippen molar-refractivity contribution >= 4 is 23.2 Å². The Bertz CT molecular complexity index is 807. The average molecular weight is 403 g/mol. The normalized spacial score (nSPS) is 20.3. The minimum atomic E-state index is -0.758. The molecule has 1 aliphatic rings. The molecule has 28 heavy (non-hydrogen) atoms. The first kappa shape index (κ1) is 20.6. The Kier molecular flexibility index (Phi) is 6.56. The second-order valence-corrected chi connectivity index (χ2v) is 8.33. The summed E-state index contributed by atoms with van der Waals surface area (Å²) in [6, 6.07) is 6.38.